The number of hydrogen-bond donors (Lipinski definition) is 1. The van der Waals surface area contributed by atoms with E-state index in [2.05, 4.69) is 70.1 Å². The molecule has 0 saturated carbocycles. The molecule has 0 saturated heterocycles. The standard InChI is InChI=1S/C16H20BrNS/c1-3-8-18-16(4-2)13-7-5-6-12(9-13)14-10-19-11-15(14)17/h5-7,9-11,16,18H,3-4,8H2,1-2H3. The zero-order chi connectivity index (χ0) is 13.7. The van der Waals surface area contributed by atoms with Gasteiger partial charge < -0.3 is 5.32 Å². The number of benzene rings is 1. The van der Waals surface area contributed by atoms with E-state index in [-0.39, 0.29) is 0 Å². The molecule has 1 atom stereocenters. The van der Waals surface area contributed by atoms with E-state index >= 15 is 0 Å². The lowest BCUT2D eigenvalue weighted by molar-refractivity contribution is 0.518. The van der Waals surface area contributed by atoms with Crippen LogP contribution in [0.5, 0.6) is 0 Å². The quantitative estimate of drug-likeness (QED) is 0.720. The van der Waals surface area contributed by atoms with Gasteiger partial charge in [0.05, 0.1) is 0 Å². The van der Waals surface area contributed by atoms with Crippen LogP contribution in [-0.2, 0) is 0 Å². The van der Waals surface area contributed by atoms with Crippen LogP contribution in [0.15, 0.2) is 39.5 Å². The van der Waals surface area contributed by atoms with Crippen molar-refractivity contribution in [3.63, 3.8) is 0 Å². The molecule has 0 spiro atoms. The largest absolute Gasteiger partial charge is 0.310 e. The molecule has 3 heteroatoms. The Kier molecular flexibility index (Phi) is 5.61. The molecule has 102 valence electrons. The molecule has 1 heterocycles. The maximum absolute atomic E-state index is 3.62. The van der Waals surface area contributed by atoms with E-state index in [1.165, 1.54) is 27.6 Å². The van der Waals surface area contributed by atoms with Gasteiger partial charge in [-0.25, -0.2) is 0 Å². The maximum Gasteiger partial charge on any atom is 0.0360 e. The number of nitrogens with one attached hydrogen (secondary N) is 1. The molecule has 1 nitrogen and oxygen atoms in total. The van der Waals surface area contributed by atoms with Crippen molar-refractivity contribution in [3.8, 4) is 11.1 Å². The molecule has 2 rings (SSSR count). The Bertz CT molecular complexity index is 521. The van der Waals surface area contributed by atoms with Gasteiger partial charge in [-0.15, -0.1) is 0 Å². The topological polar surface area (TPSA) is 12.0 Å². The second-order valence-corrected chi connectivity index (χ2v) is 6.27. The van der Waals surface area contributed by atoms with E-state index in [4.69, 9.17) is 0 Å². The van der Waals surface area contributed by atoms with Gasteiger partial charge in [-0.3, -0.25) is 0 Å². The van der Waals surface area contributed by atoms with Gasteiger partial charge in [-0.05, 0) is 57.9 Å². The SMILES string of the molecule is CCCNC(CC)c1cccc(-c2cscc2Br)c1. The van der Waals surface area contributed by atoms with Crippen LogP contribution in [0.1, 0.15) is 38.3 Å². The summed E-state index contributed by atoms with van der Waals surface area (Å²) < 4.78 is 1.18. The van der Waals surface area contributed by atoms with Crippen LogP contribution in [0.2, 0.25) is 0 Å². The summed E-state index contributed by atoms with van der Waals surface area (Å²) in [6.07, 6.45) is 2.29. The van der Waals surface area contributed by atoms with Crippen LogP contribution >= 0.6 is 27.3 Å². The monoisotopic (exact) mass is 337 g/mol. The van der Waals surface area contributed by atoms with Gasteiger partial charge >= 0.3 is 0 Å². The summed E-state index contributed by atoms with van der Waals surface area (Å²) in [4.78, 5) is 0. The minimum absolute atomic E-state index is 0.456. The molecule has 1 aromatic heterocycles. The summed E-state index contributed by atoms with van der Waals surface area (Å²) in [6.45, 7) is 5.52. The summed E-state index contributed by atoms with van der Waals surface area (Å²) in [5.74, 6) is 0. The predicted molar refractivity (Wildman–Crippen MR) is 88.8 cm³/mol. The van der Waals surface area contributed by atoms with Gasteiger partial charge in [-0.2, -0.15) is 11.3 Å². The van der Waals surface area contributed by atoms with Crippen LogP contribution in [0.3, 0.4) is 0 Å². The zero-order valence-electron chi connectivity index (χ0n) is 11.4. The van der Waals surface area contributed by atoms with Crippen molar-refractivity contribution >= 4 is 27.3 Å². The second kappa shape index (κ2) is 7.22. The molecule has 0 aliphatic rings. The smallest absolute Gasteiger partial charge is 0.0360 e. The molecule has 19 heavy (non-hydrogen) atoms. The highest BCUT2D eigenvalue weighted by Crippen LogP contribution is 2.33. The van der Waals surface area contributed by atoms with Crippen molar-refractivity contribution < 1.29 is 0 Å². The van der Waals surface area contributed by atoms with Crippen molar-refractivity contribution in [2.45, 2.75) is 32.7 Å². The lowest BCUT2D eigenvalue weighted by Crippen LogP contribution is -2.21. The lowest BCUT2D eigenvalue weighted by Gasteiger charge is -2.18. The summed E-state index contributed by atoms with van der Waals surface area (Å²) in [6, 6.07) is 9.33. The first kappa shape index (κ1) is 14.8. The number of hydrogen-bond acceptors (Lipinski definition) is 2. The Labute approximate surface area is 128 Å². The third-order valence-electron chi connectivity index (χ3n) is 3.26. The van der Waals surface area contributed by atoms with Gasteiger partial charge in [0.15, 0.2) is 0 Å². The van der Waals surface area contributed by atoms with Crippen molar-refractivity contribution in [3.05, 3.63) is 45.1 Å². The van der Waals surface area contributed by atoms with Gasteiger partial charge in [-0.1, -0.05) is 32.0 Å². The average molecular weight is 338 g/mol. The molecule has 1 unspecified atom stereocenters. The Balaban J connectivity index is 2.26. The molecule has 0 aliphatic carbocycles. The van der Waals surface area contributed by atoms with E-state index in [0.29, 0.717) is 6.04 Å². The minimum atomic E-state index is 0.456. The second-order valence-electron chi connectivity index (χ2n) is 4.67. The highest BCUT2D eigenvalue weighted by Gasteiger charge is 2.10. The third-order valence-corrected chi connectivity index (χ3v) is 4.97. The maximum atomic E-state index is 3.62. The third kappa shape index (κ3) is 3.68. The Morgan fingerprint density at radius 1 is 1.26 bits per heavy atom. The molecule has 1 N–H and O–H groups in total. The fourth-order valence-electron chi connectivity index (χ4n) is 2.23. The first-order valence-electron chi connectivity index (χ1n) is 6.81. The van der Waals surface area contributed by atoms with E-state index in [0.717, 1.165) is 13.0 Å². The Hall–Kier alpha value is -0.640. The van der Waals surface area contributed by atoms with Crippen LogP contribution < -0.4 is 5.32 Å². The molecular formula is C16H20BrNS. The molecule has 0 aliphatic heterocycles. The number of halogens is 1. The van der Waals surface area contributed by atoms with Crippen LogP contribution in [0, 0.1) is 0 Å². The van der Waals surface area contributed by atoms with Crippen molar-refractivity contribution in [1.29, 1.82) is 0 Å². The normalized spacial score (nSPS) is 12.6. The predicted octanol–water partition coefficient (Wildman–Crippen LogP) is 5.63. The molecule has 0 fully saturated rings. The molecule has 0 radical (unpaired) electrons. The minimum Gasteiger partial charge on any atom is -0.310 e. The lowest BCUT2D eigenvalue weighted by atomic mass is 9.99. The fourth-order valence-corrected chi connectivity index (χ4v) is 3.76. The molecule has 2 aromatic rings. The van der Waals surface area contributed by atoms with Crippen LogP contribution in [-0.4, -0.2) is 6.54 Å². The van der Waals surface area contributed by atoms with Gasteiger partial charge in [0, 0.05) is 21.5 Å². The highest BCUT2D eigenvalue weighted by molar-refractivity contribution is 9.10. The van der Waals surface area contributed by atoms with Gasteiger partial charge in [0.1, 0.15) is 0 Å². The van der Waals surface area contributed by atoms with Crippen LogP contribution in [0.4, 0.5) is 0 Å². The molecular weight excluding hydrogens is 318 g/mol. The Morgan fingerprint density at radius 3 is 2.74 bits per heavy atom. The molecule has 1 aromatic carbocycles. The van der Waals surface area contributed by atoms with Crippen molar-refractivity contribution in [2.75, 3.05) is 6.54 Å². The first-order chi connectivity index (χ1) is 9.26. The summed E-state index contributed by atoms with van der Waals surface area (Å²) in [5.41, 5.74) is 3.96. The first-order valence-corrected chi connectivity index (χ1v) is 8.55. The molecule has 0 amide bonds. The van der Waals surface area contributed by atoms with E-state index in [1.807, 2.05) is 0 Å². The van der Waals surface area contributed by atoms with E-state index in [9.17, 15) is 0 Å². The summed E-state index contributed by atoms with van der Waals surface area (Å²) in [7, 11) is 0. The summed E-state index contributed by atoms with van der Waals surface area (Å²) >= 11 is 5.35. The average Bonchev–Trinajstić information content (AvgIpc) is 2.86. The zero-order valence-corrected chi connectivity index (χ0v) is 13.9. The van der Waals surface area contributed by atoms with Crippen molar-refractivity contribution in [1.82, 2.24) is 5.32 Å². The number of thiophene rings is 1. The van der Waals surface area contributed by atoms with E-state index < -0.39 is 0 Å². The highest BCUT2D eigenvalue weighted by atomic mass is 79.9. The van der Waals surface area contributed by atoms with Gasteiger partial charge in [0.25, 0.3) is 0 Å². The molecule has 0 bridgehead atoms. The van der Waals surface area contributed by atoms with Crippen molar-refractivity contribution in [2.24, 2.45) is 0 Å². The summed E-state index contributed by atoms with van der Waals surface area (Å²) in [5, 5.41) is 7.94. The van der Waals surface area contributed by atoms with Crippen LogP contribution in [0.25, 0.3) is 11.1 Å². The fraction of sp³-hybridized carbons (Fsp3) is 0.375. The number of rotatable bonds is 6. The van der Waals surface area contributed by atoms with E-state index in [1.54, 1.807) is 11.3 Å². The van der Waals surface area contributed by atoms with Gasteiger partial charge in [0.2, 0.25) is 0 Å². The Morgan fingerprint density at radius 2 is 2.11 bits per heavy atom.